The fourth-order valence-corrected chi connectivity index (χ4v) is 5.43. The van der Waals surface area contributed by atoms with Crippen LogP contribution in [0, 0.1) is 0 Å². The van der Waals surface area contributed by atoms with E-state index in [0.29, 0.717) is 18.7 Å². The number of amides is 1. The van der Waals surface area contributed by atoms with Crippen molar-refractivity contribution in [2.45, 2.75) is 49.1 Å². The van der Waals surface area contributed by atoms with E-state index in [2.05, 4.69) is 15.5 Å². The Hall–Kier alpha value is -2.69. The number of carbonyl (C=O) groups is 1. The maximum Gasteiger partial charge on any atom is 0.277 e. The van der Waals surface area contributed by atoms with Gasteiger partial charge in [0.1, 0.15) is 0 Å². The summed E-state index contributed by atoms with van der Waals surface area (Å²) in [5, 5.41) is 10.8. The number of thioether (sulfide) groups is 1. The van der Waals surface area contributed by atoms with E-state index in [1.54, 1.807) is 39.0 Å². The van der Waals surface area contributed by atoms with Gasteiger partial charge in [-0.1, -0.05) is 62.0 Å². The number of aromatic nitrogens is 2. The molecule has 3 rings (SSSR count). The van der Waals surface area contributed by atoms with Crippen LogP contribution in [0.1, 0.15) is 39.3 Å². The second-order valence-electron chi connectivity index (χ2n) is 7.39. The van der Waals surface area contributed by atoms with Gasteiger partial charge in [-0.25, -0.2) is 8.42 Å². The molecule has 1 aromatic heterocycles. The number of nitrogens with one attached hydrogen (secondary N) is 1. The number of nitrogens with zero attached hydrogens (tertiary/aromatic N) is 3. The maximum absolute atomic E-state index is 12.8. The van der Waals surface area contributed by atoms with Crippen molar-refractivity contribution in [1.82, 2.24) is 19.8 Å². The van der Waals surface area contributed by atoms with E-state index < -0.39 is 15.3 Å². The Balaban J connectivity index is 1.69. The van der Waals surface area contributed by atoms with E-state index in [0.717, 1.165) is 17.3 Å². The third-order valence-electron chi connectivity index (χ3n) is 5.14. The summed E-state index contributed by atoms with van der Waals surface area (Å²) in [5.41, 5.74) is 1.51. The van der Waals surface area contributed by atoms with Gasteiger partial charge >= 0.3 is 0 Å². The molecule has 33 heavy (non-hydrogen) atoms. The minimum absolute atomic E-state index is 0.129. The Kier molecular flexibility index (Phi) is 8.28. The molecule has 3 aromatic rings. The molecule has 0 aliphatic carbocycles. The summed E-state index contributed by atoms with van der Waals surface area (Å²) in [5.74, 6) is 0.0442. The SMILES string of the molecule is CCN(CC)S(=O)(=O)c1cccc(-c2nnc(SC(C)C(=O)NC(C)c3ccccc3)o2)c1. The molecule has 0 bridgehead atoms. The average molecular weight is 489 g/mol. The van der Waals surface area contributed by atoms with Crippen LogP contribution in [-0.4, -0.2) is 47.2 Å². The first-order valence-corrected chi connectivity index (χ1v) is 13.0. The van der Waals surface area contributed by atoms with Crippen molar-refractivity contribution in [2.24, 2.45) is 0 Å². The second-order valence-corrected chi connectivity index (χ2v) is 10.6. The zero-order chi connectivity index (χ0) is 24.0. The topological polar surface area (TPSA) is 105 Å². The van der Waals surface area contributed by atoms with Gasteiger partial charge in [-0.2, -0.15) is 4.31 Å². The van der Waals surface area contributed by atoms with E-state index >= 15 is 0 Å². The summed E-state index contributed by atoms with van der Waals surface area (Å²) < 4.78 is 32.7. The standard InChI is InChI=1S/C23H28N4O4S2/c1-5-27(6-2)33(29,30)20-14-10-13-19(15-20)22-25-26-23(31-22)32-17(4)21(28)24-16(3)18-11-8-7-9-12-18/h7-17H,5-6H2,1-4H3,(H,24,28). The lowest BCUT2D eigenvalue weighted by Gasteiger charge is -2.18. The van der Waals surface area contributed by atoms with Gasteiger partial charge in [0.15, 0.2) is 0 Å². The zero-order valence-corrected chi connectivity index (χ0v) is 20.7. The molecule has 0 saturated carbocycles. The Bertz CT molecular complexity index is 1180. The number of rotatable bonds is 10. The van der Waals surface area contributed by atoms with Crippen LogP contribution in [0.25, 0.3) is 11.5 Å². The highest BCUT2D eigenvalue weighted by Crippen LogP contribution is 2.28. The van der Waals surface area contributed by atoms with Crippen LogP contribution in [0.5, 0.6) is 0 Å². The molecule has 1 amide bonds. The molecule has 0 aliphatic rings. The van der Waals surface area contributed by atoms with Crippen molar-refractivity contribution >= 4 is 27.7 Å². The van der Waals surface area contributed by atoms with E-state index in [-0.39, 0.29) is 28.0 Å². The first-order valence-electron chi connectivity index (χ1n) is 10.7. The highest BCUT2D eigenvalue weighted by atomic mass is 32.2. The van der Waals surface area contributed by atoms with Crippen molar-refractivity contribution in [3.8, 4) is 11.5 Å². The summed E-state index contributed by atoms with van der Waals surface area (Å²) >= 11 is 1.15. The molecule has 1 heterocycles. The Morgan fingerprint density at radius 3 is 2.42 bits per heavy atom. The first-order chi connectivity index (χ1) is 15.8. The van der Waals surface area contributed by atoms with Gasteiger partial charge in [-0.05, 0) is 37.6 Å². The molecule has 0 fully saturated rings. The normalized spacial score (nSPS) is 13.6. The van der Waals surface area contributed by atoms with E-state index in [9.17, 15) is 13.2 Å². The van der Waals surface area contributed by atoms with Gasteiger partial charge in [0.2, 0.25) is 21.8 Å². The quantitative estimate of drug-likeness (QED) is 0.428. The van der Waals surface area contributed by atoms with Crippen LogP contribution in [0.2, 0.25) is 0 Å². The van der Waals surface area contributed by atoms with E-state index in [1.807, 2.05) is 37.3 Å². The van der Waals surface area contributed by atoms with Crippen molar-refractivity contribution < 1.29 is 17.6 Å². The molecular formula is C23H28N4O4S2. The smallest absolute Gasteiger partial charge is 0.277 e. The molecule has 8 nitrogen and oxygen atoms in total. The van der Waals surface area contributed by atoms with Crippen molar-refractivity contribution in [1.29, 1.82) is 0 Å². The highest BCUT2D eigenvalue weighted by molar-refractivity contribution is 8.00. The average Bonchev–Trinajstić information content (AvgIpc) is 3.28. The lowest BCUT2D eigenvalue weighted by molar-refractivity contribution is -0.120. The largest absolute Gasteiger partial charge is 0.411 e. The van der Waals surface area contributed by atoms with Crippen LogP contribution in [-0.2, 0) is 14.8 Å². The molecule has 0 aliphatic heterocycles. The van der Waals surface area contributed by atoms with E-state index in [4.69, 9.17) is 4.42 Å². The van der Waals surface area contributed by atoms with Crippen molar-refractivity contribution in [2.75, 3.05) is 13.1 Å². The number of benzene rings is 2. The highest BCUT2D eigenvalue weighted by Gasteiger charge is 2.24. The molecule has 10 heteroatoms. The van der Waals surface area contributed by atoms with Gasteiger partial charge in [0.25, 0.3) is 5.22 Å². The second kappa shape index (κ2) is 11.0. The molecular weight excluding hydrogens is 460 g/mol. The van der Waals surface area contributed by atoms with Gasteiger partial charge in [-0.15, -0.1) is 10.2 Å². The summed E-state index contributed by atoms with van der Waals surface area (Å²) in [6.07, 6.45) is 0. The van der Waals surface area contributed by atoms with Crippen molar-refractivity contribution in [3.63, 3.8) is 0 Å². The predicted octanol–water partition coefficient (Wildman–Crippen LogP) is 4.13. The minimum Gasteiger partial charge on any atom is -0.411 e. The van der Waals surface area contributed by atoms with Crippen LogP contribution in [0.3, 0.4) is 0 Å². The molecule has 0 saturated heterocycles. The van der Waals surface area contributed by atoms with Gasteiger partial charge in [0, 0.05) is 18.7 Å². The molecule has 2 atom stereocenters. The number of sulfonamides is 1. The van der Waals surface area contributed by atoms with Crippen LogP contribution in [0.15, 0.2) is 69.1 Å². The Labute approximate surface area is 198 Å². The molecule has 2 unspecified atom stereocenters. The zero-order valence-electron chi connectivity index (χ0n) is 19.1. The fourth-order valence-electron chi connectivity index (χ4n) is 3.24. The third kappa shape index (κ3) is 6.01. The van der Waals surface area contributed by atoms with Gasteiger partial charge < -0.3 is 9.73 Å². The Morgan fingerprint density at radius 2 is 1.76 bits per heavy atom. The minimum atomic E-state index is -3.60. The summed E-state index contributed by atoms with van der Waals surface area (Å²) in [6.45, 7) is 8.04. The number of carbonyl (C=O) groups excluding carboxylic acids is 1. The first kappa shape index (κ1) is 24.9. The van der Waals surface area contributed by atoms with Crippen molar-refractivity contribution in [3.05, 3.63) is 60.2 Å². The van der Waals surface area contributed by atoms with Crippen LogP contribution in [0.4, 0.5) is 0 Å². The Morgan fingerprint density at radius 1 is 1.06 bits per heavy atom. The molecule has 2 aromatic carbocycles. The summed E-state index contributed by atoms with van der Waals surface area (Å²) in [6, 6.07) is 16.0. The molecule has 0 spiro atoms. The molecule has 0 radical (unpaired) electrons. The predicted molar refractivity (Wildman–Crippen MR) is 128 cm³/mol. The van der Waals surface area contributed by atoms with E-state index in [1.165, 1.54) is 10.4 Å². The maximum atomic E-state index is 12.8. The third-order valence-corrected chi connectivity index (χ3v) is 8.12. The summed E-state index contributed by atoms with van der Waals surface area (Å²) in [7, 11) is -3.60. The lowest BCUT2D eigenvalue weighted by Crippen LogP contribution is -2.33. The fraction of sp³-hybridized carbons (Fsp3) is 0.348. The number of hydrogen-bond donors (Lipinski definition) is 1. The van der Waals surface area contributed by atoms with Crippen LogP contribution >= 0.6 is 11.8 Å². The monoisotopic (exact) mass is 488 g/mol. The number of hydrogen-bond acceptors (Lipinski definition) is 7. The van der Waals surface area contributed by atoms with Crippen LogP contribution < -0.4 is 5.32 Å². The molecule has 1 N–H and O–H groups in total. The summed E-state index contributed by atoms with van der Waals surface area (Å²) in [4.78, 5) is 12.8. The lowest BCUT2D eigenvalue weighted by atomic mass is 10.1. The van der Waals surface area contributed by atoms with Gasteiger partial charge in [-0.3, -0.25) is 4.79 Å². The van der Waals surface area contributed by atoms with Gasteiger partial charge in [0.05, 0.1) is 16.2 Å². The molecule has 176 valence electrons.